The highest BCUT2D eigenvalue weighted by atomic mass is 16.1. The molecule has 0 aliphatic heterocycles. The highest BCUT2D eigenvalue weighted by Crippen LogP contribution is 2.22. The van der Waals surface area contributed by atoms with Crippen LogP contribution in [0.5, 0.6) is 0 Å². The van der Waals surface area contributed by atoms with Gasteiger partial charge in [0.15, 0.2) is 5.78 Å². The van der Waals surface area contributed by atoms with Crippen LogP contribution in [0, 0.1) is 0 Å². The van der Waals surface area contributed by atoms with Gasteiger partial charge in [-0.1, -0.05) is 6.07 Å². The highest BCUT2D eigenvalue weighted by Gasteiger charge is 2.15. The molecular formula is C23H20N4O. The highest BCUT2D eigenvalue weighted by molar-refractivity contribution is 6.28. The van der Waals surface area contributed by atoms with Gasteiger partial charge in [0.05, 0.1) is 0 Å². The van der Waals surface area contributed by atoms with Crippen molar-refractivity contribution in [2.24, 2.45) is 0 Å². The van der Waals surface area contributed by atoms with Crippen molar-refractivity contribution >= 4 is 22.4 Å². The molecular weight excluding hydrogens is 348 g/mol. The fraction of sp³-hybridized carbons (Fsp3) is 0.0870. The Balaban J connectivity index is 1.68. The average Bonchev–Trinajstić information content (AvgIpc) is 3.16. The summed E-state index contributed by atoms with van der Waals surface area (Å²) in [6, 6.07) is 17.3. The second kappa shape index (κ2) is 7.48. The first-order valence-corrected chi connectivity index (χ1v) is 8.99. The topological polar surface area (TPSA) is 51.0 Å². The minimum atomic E-state index is -0.0382. The van der Waals surface area contributed by atoms with Crippen LogP contribution >= 0.6 is 0 Å². The zero-order valence-corrected chi connectivity index (χ0v) is 15.8. The van der Waals surface area contributed by atoms with Gasteiger partial charge < -0.3 is 9.47 Å². The summed E-state index contributed by atoms with van der Waals surface area (Å²) in [5, 5.41) is 1.08. The van der Waals surface area contributed by atoms with E-state index in [4.69, 9.17) is 0 Å². The Labute approximate surface area is 163 Å². The van der Waals surface area contributed by atoms with Crippen LogP contribution in [0.15, 0.2) is 85.6 Å². The molecule has 0 radical (unpaired) electrons. The molecule has 0 aliphatic carbocycles. The van der Waals surface area contributed by atoms with E-state index in [1.807, 2.05) is 90.6 Å². The van der Waals surface area contributed by atoms with E-state index in [9.17, 15) is 4.79 Å². The molecule has 0 amide bonds. The zero-order valence-electron chi connectivity index (χ0n) is 15.8. The molecule has 138 valence electrons. The second-order valence-corrected chi connectivity index (χ2v) is 6.73. The van der Waals surface area contributed by atoms with E-state index >= 15 is 0 Å². The molecule has 0 atom stereocenters. The number of benzene rings is 1. The molecule has 0 saturated heterocycles. The molecule has 0 bridgehead atoms. The standard InChI is InChI=1S/C23H20N4O/c1-26(2)16-21(19-6-3-12-24-15-19)22(28)17-7-9-20(10-8-17)27-14-11-18-5-4-13-25-23(18)27/h3-16H,1-2H3/b21-16+. The van der Waals surface area contributed by atoms with Gasteiger partial charge >= 0.3 is 0 Å². The lowest BCUT2D eigenvalue weighted by Crippen LogP contribution is -2.09. The molecule has 28 heavy (non-hydrogen) atoms. The largest absolute Gasteiger partial charge is 0.383 e. The third kappa shape index (κ3) is 3.42. The van der Waals surface area contributed by atoms with Crippen LogP contribution in [-0.2, 0) is 0 Å². The molecule has 5 heteroatoms. The number of aromatic nitrogens is 3. The molecule has 0 aliphatic rings. The fourth-order valence-electron chi connectivity index (χ4n) is 3.15. The number of nitrogens with zero attached hydrogens (tertiary/aromatic N) is 4. The molecule has 0 unspecified atom stereocenters. The van der Waals surface area contributed by atoms with E-state index in [1.165, 1.54) is 0 Å². The van der Waals surface area contributed by atoms with Crippen LogP contribution in [0.4, 0.5) is 0 Å². The van der Waals surface area contributed by atoms with E-state index in [0.717, 1.165) is 22.3 Å². The fourth-order valence-corrected chi connectivity index (χ4v) is 3.15. The molecule has 4 rings (SSSR count). The smallest absolute Gasteiger partial charge is 0.195 e. The van der Waals surface area contributed by atoms with Gasteiger partial charge in [-0.3, -0.25) is 9.78 Å². The summed E-state index contributed by atoms with van der Waals surface area (Å²) in [5.41, 5.74) is 3.89. The van der Waals surface area contributed by atoms with Crippen molar-refractivity contribution in [2.45, 2.75) is 0 Å². The summed E-state index contributed by atoms with van der Waals surface area (Å²) in [7, 11) is 3.80. The summed E-state index contributed by atoms with van der Waals surface area (Å²) in [4.78, 5) is 23.6. The van der Waals surface area contributed by atoms with Gasteiger partial charge in [-0.05, 0) is 48.5 Å². The number of carbonyl (C=O) groups is 1. The lowest BCUT2D eigenvalue weighted by Gasteiger charge is -2.12. The van der Waals surface area contributed by atoms with E-state index in [-0.39, 0.29) is 5.78 Å². The SMILES string of the molecule is CN(C)/C=C(/C(=O)c1ccc(-n2ccc3cccnc32)cc1)c1cccnc1. The Morgan fingerprint density at radius 1 is 0.964 bits per heavy atom. The summed E-state index contributed by atoms with van der Waals surface area (Å²) in [5.74, 6) is -0.0382. The first-order chi connectivity index (χ1) is 13.6. The number of Topliss-reactive ketones (excluding diaryl/α,β-unsaturated/α-hetero) is 1. The molecule has 3 aromatic heterocycles. The predicted octanol–water partition coefficient (Wildman–Crippen LogP) is 4.21. The summed E-state index contributed by atoms with van der Waals surface area (Å²) >= 11 is 0. The Bertz CT molecular complexity index is 1140. The minimum absolute atomic E-state index is 0.0382. The maximum absolute atomic E-state index is 13.1. The van der Waals surface area contributed by atoms with Gasteiger partial charge in [-0.15, -0.1) is 0 Å². The normalized spacial score (nSPS) is 11.6. The lowest BCUT2D eigenvalue weighted by atomic mass is 9.98. The summed E-state index contributed by atoms with van der Waals surface area (Å²) in [6.45, 7) is 0. The second-order valence-electron chi connectivity index (χ2n) is 6.73. The Morgan fingerprint density at radius 3 is 2.46 bits per heavy atom. The van der Waals surface area contributed by atoms with E-state index in [1.54, 1.807) is 18.6 Å². The van der Waals surface area contributed by atoms with Crippen LogP contribution in [0.3, 0.4) is 0 Å². The van der Waals surface area contributed by atoms with Crippen LogP contribution in [0.25, 0.3) is 22.3 Å². The van der Waals surface area contributed by atoms with Crippen LogP contribution < -0.4 is 0 Å². The van der Waals surface area contributed by atoms with Gasteiger partial charge in [0, 0.05) is 72.9 Å². The third-order valence-corrected chi connectivity index (χ3v) is 4.46. The van der Waals surface area contributed by atoms with Crippen molar-refractivity contribution in [1.82, 2.24) is 19.4 Å². The Morgan fingerprint density at radius 2 is 1.75 bits per heavy atom. The van der Waals surface area contributed by atoms with Gasteiger partial charge in [0.1, 0.15) is 5.65 Å². The number of carbonyl (C=O) groups excluding carboxylic acids is 1. The van der Waals surface area contributed by atoms with Gasteiger partial charge in [0.2, 0.25) is 0 Å². The molecule has 4 aromatic rings. The monoisotopic (exact) mass is 368 g/mol. The van der Waals surface area contributed by atoms with E-state index < -0.39 is 0 Å². The maximum atomic E-state index is 13.1. The number of allylic oxidation sites excluding steroid dienone is 1. The number of hydrogen-bond donors (Lipinski definition) is 0. The average molecular weight is 368 g/mol. The third-order valence-electron chi connectivity index (χ3n) is 4.46. The Hall–Kier alpha value is -3.73. The minimum Gasteiger partial charge on any atom is -0.383 e. The number of pyridine rings is 2. The van der Waals surface area contributed by atoms with Gasteiger partial charge in [0.25, 0.3) is 0 Å². The first-order valence-electron chi connectivity index (χ1n) is 8.99. The van der Waals surface area contributed by atoms with Crippen LogP contribution in [-0.4, -0.2) is 39.3 Å². The van der Waals surface area contributed by atoms with Crippen molar-refractivity contribution in [2.75, 3.05) is 14.1 Å². The zero-order chi connectivity index (χ0) is 19.5. The number of ketones is 1. The van der Waals surface area contributed by atoms with Crippen LogP contribution in [0.1, 0.15) is 15.9 Å². The van der Waals surface area contributed by atoms with Gasteiger partial charge in [-0.2, -0.15) is 0 Å². The Kier molecular flexibility index (Phi) is 4.72. The van der Waals surface area contributed by atoms with Crippen molar-refractivity contribution in [1.29, 1.82) is 0 Å². The number of hydrogen-bond acceptors (Lipinski definition) is 4. The van der Waals surface area contributed by atoms with Gasteiger partial charge in [-0.25, -0.2) is 4.98 Å². The molecule has 5 nitrogen and oxygen atoms in total. The predicted molar refractivity (Wildman–Crippen MR) is 111 cm³/mol. The van der Waals surface area contributed by atoms with Crippen LogP contribution in [0.2, 0.25) is 0 Å². The lowest BCUT2D eigenvalue weighted by molar-refractivity contribution is 0.105. The molecule has 3 heterocycles. The molecule has 0 fully saturated rings. The summed E-state index contributed by atoms with van der Waals surface area (Å²) in [6.07, 6.45) is 9.01. The maximum Gasteiger partial charge on any atom is 0.195 e. The number of rotatable bonds is 5. The van der Waals surface area contributed by atoms with Crippen molar-refractivity contribution in [3.05, 3.63) is 96.7 Å². The molecule has 0 saturated carbocycles. The van der Waals surface area contributed by atoms with Crippen molar-refractivity contribution < 1.29 is 4.79 Å². The summed E-state index contributed by atoms with van der Waals surface area (Å²) < 4.78 is 2.02. The molecule has 0 spiro atoms. The quantitative estimate of drug-likeness (QED) is 0.391. The van der Waals surface area contributed by atoms with E-state index in [2.05, 4.69) is 9.97 Å². The molecule has 0 N–H and O–H groups in total. The molecule has 1 aromatic carbocycles. The van der Waals surface area contributed by atoms with E-state index in [0.29, 0.717) is 11.1 Å². The number of fused-ring (bicyclic) bond motifs is 1. The first kappa shape index (κ1) is 17.7. The van der Waals surface area contributed by atoms with Crippen molar-refractivity contribution in [3.63, 3.8) is 0 Å². The van der Waals surface area contributed by atoms with Crippen molar-refractivity contribution in [3.8, 4) is 5.69 Å².